The van der Waals surface area contributed by atoms with Crippen LogP contribution < -0.4 is 5.48 Å². The molecule has 3 rings (SSSR count). The number of benzene rings is 1. The molecule has 0 fully saturated rings. The number of aryl methyl sites for hydroxylation is 1. The number of halogens is 1. The lowest BCUT2D eigenvalue weighted by molar-refractivity contribution is -0.133. The van der Waals surface area contributed by atoms with Gasteiger partial charge >= 0.3 is 0 Å². The summed E-state index contributed by atoms with van der Waals surface area (Å²) in [7, 11) is 1.83. The monoisotopic (exact) mass is 315 g/mol. The molecule has 0 spiro atoms. The fourth-order valence-corrected chi connectivity index (χ4v) is 3.27. The smallest absolute Gasteiger partial charge is 0.247 e. The quantitative estimate of drug-likeness (QED) is 0.676. The van der Waals surface area contributed by atoms with Crippen molar-refractivity contribution in [2.24, 2.45) is 13.0 Å². The van der Waals surface area contributed by atoms with Crippen LogP contribution in [0.4, 0.5) is 4.39 Å². The molecule has 1 aromatic heterocycles. The van der Waals surface area contributed by atoms with Gasteiger partial charge in [-0.1, -0.05) is 18.2 Å². The maximum Gasteiger partial charge on any atom is 0.247 e. The van der Waals surface area contributed by atoms with E-state index in [4.69, 9.17) is 5.21 Å². The lowest BCUT2D eigenvalue weighted by Gasteiger charge is -2.19. The van der Waals surface area contributed by atoms with Gasteiger partial charge in [-0.2, -0.15) is 5.10 Å². The summed E-state index contributed by atoms with van der Waals surface area (Å²) in [5.74, 6) is -1.53. The normalized spacial score (nSPS) is 20.4. The molecule has 0 bridgehead atoms. The summed E-state index contributed by atoms with van der Waals surface area (Å²) in [4.78, 5) is 12.1. The summed E-state index contributed by atoms with van der Waals surface area (Å²) in [6.45, 7) is 1.70. The van der Waals surface area contributed by atoms with Gasteiger partial charge in [0.2, 0.25) is 5.91 Å². The van der Waals surface area contributed by atoms with Crippen LogP contribution >= 0.6 is 0 Å². The summed E-state index contributed by atoms with van der Waals surface area (Å²) in [6.07, 6.45) is 4.13. The summed E-state index contributed by atoms with van der Waals surface area (Å²) in [5, 5.41) is 13.2. The number of carbonyl (C=O) groups excluding carboxylic acids is 1. The van der Waals surface area contributed by atoms with Gasteiger partial charge in [-0.05, 0) is 42.2 Å². The maximum absolute atomic E-state index is 13.9. The van der Waals surface area contributed by atoms with E-state index in [1.807, 2.05) is 25.3 Å². The Hall–Kier alpha value is -2.47. The molecule has 2 aromatic rings. The average molecular weight is 315 g/mol. The van der Waals surface area contributed by atoms with E-state index < -0.39 is 11.8 Å². The minimum Gasteiger partial charge on any atom is -0.289 e. The number of nitrogens with zero attached hydrogens (tertiary/aromatic N) is 2. The summed E-state index contributed by atoms with van der Waals surface area (Å²) in [6, 6.07) is 6.74. The Morgan fingerprint density at radius 3 is 2.87 bits per heavy atom. The first kappa shape index (κ1) is 15.4. The van der Waals surface area contributed by atoms with Crippen LogP contribution in [0.25, 0.3) is 5.57 Å². The van der Waals surface area contributed by atoms with Crippen molar-refractivity contribution in [3.8, 4) is 0 Å². The van der Waals surface area contributed by atoms with Gasteiger partial charge < -0.3 is 0 Å². The van der Waals surface area contributed by atoms with Crippen molar-refractivity contribution >= 4 is 11.5 Å². The van der Waals surface area contributed by atoms with Crippen molar-refractivity contribution in [3.05, 3.63) is 59.2 Å². The minimum atomic E-state index is -0.481. The Morgan fingerprint density at radius 2 is 2.22 bits per heavy atom. The number of rotatable bonds is 3. The van der Waals surface area contributed by atoms with E-state index in [9.17, 15) is 9.18 Å². The van der Waals surface area contributed by atoms with Crippen molar-refractivity contribution < 1.29 is 14.4 Å². The lowest BCUT2D eigenvalue weighted by Crippen LogP contribution is -2.30. The third kappa shape index (κ3) is 2.66. The highest BCUT2D eigenvalue weighted by Gasteiger charge is 2.36. The zero-order chi connectivity index (χ0) is 16.6. The number of aromatic nitrogens is 2. The van der Waals surface area contributed by atoms with E-state index in [-0.39, 0.29) is 11.7 Å². The van der Waals surface area contributed by atoms with Crippen molar-refractivity contribution in [1.29, 1.82) is 0 Å². The summed E-state index contributed by atoms with van der Waals surface area (Å²) in [5.41, 5.74) is 4.90. The van der Waals surface area contributed by atoms with Crippen LogP contribution in [-0.2, 0) is 11.8 Å². The number of allylic oxidation sites excluding steroid dienone is 2. The first-order chi connectivity index (χ1) is 11.0. The van der Waals surface area contributed by atoms with Crippen molar-refractivity contribution in [2.75, 3.05) is 0 Å². The maximum atomic E-state index is 13.9. The van der Waals surface area contributed by atoms with E-state index in [2.05, 4.69) is 5.10 Å². The molecule has 0 radical (unpaired) electrons. The van der Waals surface area contributed by atoms with E-state index in [1.165, 1.54) is 6.07 Å². The number of amides is 1. The fraction of sp³-hybridized carbons (Fsp3) is 0.294. The van der Waals surface area contributed by atoms with Gasteiger partial charge in [0.05, 0.1) is 11.6 Å². The molecular weight excluding hydrogens is 297 g/mol. The molecule has 0 saturated carbocycles. The molecule has 6 heteroatoms. The van der Waals surface area contributed by atoms with Crippen LogP contribution in [0.3, 0.4) is 0 Å². The highest BCUT2D eigenvalue weighted by molar-refractivity contribution is 5.84. The molecule has 5 nitrogen and oxygen atoms in total. The summed E-state index contributed by atoms with van der Waals surface area (Å²) < 4.78 is 15.6. The lowest BCUT2D eigenvalue weighted by atomic mass is 9.85. The van der Waals surface area contributed by atoms with Crippen LogP contribution in [0.5, 0.6) is 0 Å². The van der Waals surface area contributed by atoms with Gasteiger partial charge in [0.25, 0.3) is 0 Å². The second kappa shape index (κ2) is 5.96. The number of hydrogen-bond acceptors (Lipinski definition) is 3. The van der Waals surface area contributed by atoms with Gasteiger partial charge in [0.1, 0.15) is 5.82 Å². The Kier molecular flexibility index (Phi) is 4.00. The Labute approximate surface area is 133 Å². The molecule has 120 valence electrons. The van der Waals surface area contributed by atoms with Crippen molar-refractivity contribution in [3.63, 3.8) is 0 Å². The Balaban J connectivity index is 2.06. The zero-order valence-corrected chi connectivity index (χ0v) is 13.0. The standard InChI is InChI=1S/C17H18FN3O2/c1-10-12(4-3-5-15(10)18)13-8-11(9-14(13)17(22)20-23)16-6-7-19-21(16)2/h3-8,13-14,23H,9H2,1-2H3,(H,20,22). The molecular formula is C17H18FN3O2. The molecule has 1 amide bonds. The second-order valence-electron chi connectivity index (χ2n) is 5.80. The number of carbonyl (C=O) groups is 1. The molecule has 1 aliphatic carbocycles. The van der Waals surface area contributed by atoms with Crippen LogP contribution in [0.15, 0.2) is 36.5 Å². The highest BCUT2D eigenvalue weighted by Crippen LogP contribution is 2.43. The molecule has 2 atom stereocenters. The molecule has 2 unspecified atom stereocenters. The minimum absolute atomic E-state index is 0.289. The average Bonchev–Trinajstić information content (AvgIpc) is 3.15. The van der Waals surface area contributed by atoms with E-state index in [1.54, 1.807) is 29.3 Å². The van der Waals surface area contributed by atoms with Crippen LogP contribution in [0.1, 0.15) is 29.2 Å². The van der Waals surface area contributed by atoms with Gasteiger partial charge in [-0.15, -0.1) is 0 Å². The van der Waals surface area contributed by atoms with Gasteiger partial charge in [-0.25, -0.2) is 9.87 Å². The third-order valence-electron chi connectivity index (χ3n) is 4.52. The Morgan fingerprint density at radius 1 is 1.43 bits per heavy atom. The Bertz CT molecular complexity index is 782. The zero-order valence-electron chi connectivity index (χ0n) is 13.0. The molecule has 1 heterocycles. The second-order valence-corrected chi connectivity index (χ2v) is 5.80. The number of hydrogen-bond donors (Lipinski definition) is 2. The number of hydroxylamine groups is 1. The van der Waals surface area contributed by atoms with E-state index in [0.717, 1.165) is 16.8 Å². The molecule has 0 saturated heterocycles. The molecule has 23 heavy (non-hydrogen) atoms. The topological polar surface area (TPSA) is 67.2 Å². The van der Waals surface area contributed by atoms with Gasteiger partial charge in [0, 0.05) is 19.2 Å². The van der Waals surface area contributed by atoms with E-state index >= 15 is 0 Å². The van der Waals surface area contributed by atoms with Crippen LogP contribution in [0, 0.1) is 18.7 Å². The SMILES string of the molecule is Cc1c(F)cccc1C1C=C(c2ccnn2C)CC1C(=O)NO. The highest BCUT2D eigenvalue weighted by atomic mass is 19.1. The van der Waals surface area contributed by atoms with Crippen LogP contribution in [0.2, 0.25) is 0 Å². The fourth-order valence-electron chi connectivity index (χ4n) is 3.27. The molecule has 1 aliphatic rings. The van der Waals surface area contributed by atoms with Gasteiger partial charge in [0.15, 0.2) is 0 Å². The van der Waals surface area contributed by atoms with Crippen LogP contribution in [-0.4, -0.2) is 20.9 Å². The molecule has 2 N–H and O–H groups in total. The predicted octanol–water partition coefficient (Wildman–Crippen LogP) is 2.56. The largest absolute Gasteiger partial charge is 0.289 e. The third-order valence-corrected chi connectivity index (χ3v) is 4.52. The van der Waals surface area contributed by atoms with Crippen molar-refractivity contribution in [1.82, 2.24) is 15.3 Å². The summed E-state index contributed by atoms with van der Waals surface area (Å²) >= 11 is 0. The predicted molar refractivity (Wildman–Crippen MR) is 83.1 cm³/mol. The van der Waals surface area contributed by atoms with E-state index in [0.29, 0.717) is 12.0 Å². The van der Waals surface area contributed by atoms with Gasteiger partial charge in [-0.3, -0.25) is 14.7 Å². The number of nitrogens with one attached hydrogen (secondary N) is 1. The van der Waals surface area contributed by atoms with Crippen molar-refractivity contribution in [2.45, 2.75) is 19.3 Å². The first-order valence-electron chi connectivity index (χ1n) is 7.41. The molecule has 1 aromatic carbocycles. The first-order valence-corrected chi connectivity index (χ1v) is 7.41. The molecule has 0 aliphatic heterocycles.